The standard InChI is InChI=1S/C24H27N9O3/c1-16(34)30-4-6-31(7-5-30)21(35)14-33-23-18(13-27-33)22(17-2-3-19-20(12-17)26-15-25-19)28-24(29-23)32-8-10-36-11-9-32/h2-3,12-13,15H,4-11,14H2,1H3,(H,25,26). The number of imidazole rings is 1. The molecule has 12 nitrogen and oxygen atoms in total. The molecule has 4 aromatic rings. The first-order valence-corrected chi connectivity index (χ1v) is 12.1. The summed E-state index contributed by atoms with van der Waals surface area (Å²) in [7, 11) is 0. The number of nitrogens with one attached hydrogen (secondary N) is 1. The number of aromatic amines is 1. The number of carbonyl (C=O) groups excluding carboxylic acids is 2. The lowest BCUT2D eigenvalue weighted by molar-refractivity contribution is -0.138. The van der Waals surface area contributed by atoms with Crippen molar-refractivity contribution in [2.24, 2.45) is 0 Å². The van der Waals surface area contributed by atoms with E-state index in [9.17, 15) is 9.59 Å². The zero-order chi connectivity index (χ0) is 24.6. The summed E-state index contributed by atoms with van der Waals surface area (Å²) in [6.45, 7) is 6.35. The van der Waals surface area contributed by atoms with E-state index in [4.69, 9.17) is 14.7 Å². The molecule has 2 aliphatic heterocycles. The largest absolute Gasteiger partial charge is 0.378 e. The Hall–Kier alpha value is -4.06. The highest BCUT2D eigenvalue weighted by Gasteiger charge is 2.25. The lowest BCUT2D eigenvalue weighted by atomic mass is 10.1. The van der Waals surface area contributed by atoms with Gasteiger partial charge in [-0.1, -0.05) is 6.07 Å². The van der Waals surface area contributed by atoms with E-state index in [-0.39, 0.29) is 18.4 Å². The molecule has 6 rings (SSSR count). The third-order valence-electron chi connectivity index (χ3n) is 6.84. The second kappa shape index (κ2) is 9.19. The van der Waals surface area contributed by atoms with Crippen LogP contribution in [0.25, 0.3) is 33.3 Å². The van der Waals surface area contributed by atoms with Crippen LogP contribution < -0.4 is 4.90 Å². The van der Waals surface area contributed by atoms with E-state index < -0.39 is 0 Å². The summed E-state index contributed by atoms with van der Waals surface area (Å²) in [6.07, 6.45) is 3.40. The minimum absolute atomic E-state index is 0.0352. The molecule has 186 valence electrons. The van der Waals surface area contributed by atoms with Gasteiger partial charge in [0, 0.05) is 51.8 Å². The van der Waals surface area contributed by atoms with Gasteiger partial charge in [-0.15, -0.1) is 0 Å². The van der Waals surface area contributed by atoms with Gasteiger partial charge in [0.05, 0.1) is 47.9 Å². The lowest BCUT2D eigenvalue weighted by Crippen LogP contribution is -2.50. The molecule has 0 spiro atoms. The Labute approximate surface area is 206 Å². The maximum atomic E-state index is 13.1. The van der Waals surface area contributed by atoms with Crippen molar-refractivity contribution in [1.29, 1.82) is 0 Å². The fraction of sp³-hybridized carbons (Fsp3) is 0.417. The van der Waals surface area contributed by atoms with E-state index in [1.165, 1.54) is 0 Å². The number of morpholine rings is 1. The van der Waals surface area contributed by atoms with Crippen LogP contribution in [0.3, 0.4) is 0 Å². The van der Waals surface area contributed by atoms with Crippen molar-refractivity contribution >= 4 is 39.8 Å². The Balaban J connectivity index is 1.35. The first-order chi connectivity index (χ1) is 17.6. The SMILES string of the molecule is CC(=O)N1CCN(C(=O)Cn2ncc3c(-c4ccc5[nH]cnc5c4)nc(N4CCOCC4)nc32)CC1. The Kier molecular flexibility index (Phi) is 5.72. The first kappa shape index (κ1) is 22.4. The highest BCUT2D eigenvalue weighted by Crippen LogP contribution is 2.30. The minimum atomic E-state index is -0.0470. The number of aromatic nitrogens is 6. The highest BCUT2D eigenvalue weighted by atomic mass is 16.5. The van der Waals surface area contributed by atoms with Gasteiger partial charge < -0.3 is 24.4 Å². The summed E-state index contributed by atoms with van der Waals surface area (Å²) in [5, 5.41) is 5.31. The van der Waals surface area contributed by atoms with Gasteiger partial charge >= 0.3 is 0 Å². The highest BCUT2D eigenvalue weighted by molar-refractivity contribution is 5.94. The Morgan fingerprint density at radius 2 is 1.81 bits per heavy atom. The molecule has 5 heterocycles. The molecular weight excluding hydrogens is 462 g/mol. The van der Waals surface area contributed by atoms with Crippen molar-refractivity contribution in [3.05, 3.63) is 30.7 Å². The van der Waals surface area contributed by atoms with Crippen molar-refractivity contribution in [3.63, 3.8) is 0 Å². The number of carbonyl (C=O) groups is 2. The number of anilines is 1. The number of ether oxygens (including phenoxy) is 1. The summed E-state index contributed by atoms with van der Waals surface area (Å²) in [5.41, 5.74) is 4.06. The topological polar surface area (TPSA) is 125 Å². The van der Waals surface area contributed by atoms with E-state index in [0.717, 1.165) is 27.7 Å². The molecule has 2 saturated heterocycles. The average molecular weight is 490 g/mol. The summed E-state index contributed by atoms with van der Waals surface area (Å²) in [5.74, 6) is 0.578. The van der Waals surface area contributed by atoms with Crippen LogP contribution >= 0.6 is 0 Å². The van der Waals surface area contributed by atoms with Gasteiger partial charge in [0.15, 0.2) is 5.65 Å². The van der Waals surface area contributed by atoms with Gasteiger partial charge in [0.2, 0.25) is 17.8 Å². The van der Waals surface area contributed by atoms with Crippen molar-refractivity contribution in [3.8, 4) is 11.3 Å². The molecule has 0 radical (unpaired) electrons. The summed E-state index contributed by atoms with van der Waals surface area (Å²) in [4.78, 5) is 47.7. The van der Waals surface area contributed by atoms with Gasteiger partial charge in [-0.3, -0.25) is 9.59 Å². The van der Waals surface area contributed by atoms with E-state index in [1.54, 1.807) is 33.9 Å². The number of H-pyrrole nitrogens is 1. The smallest absolute Gasteiger partial charge is 0.244 e. The third kappa shape index (κ3) is 4.13. The van der Waals surface area contributed by atoms with Crippen molar-refractivity contribution < 1.29 is 14.3 Å². The zero-order valence-electron chi connectivity index (χ0n) is 20.1. The Morgan fingerprint density at radius 3 is 2.58 bits per heavy atom. The molecule has 0 unspecified atom stereocenters. The molecular formula is C24H27N9O3. The molecule has 0 atom stereocenters. The Morgan fingerprint density at radius 1 is 1.03 bits per heavy atom. The molecule has 0 saturated carbocycles. The predicted molar refractivity (Wildman–Crippen MR) is 132 cm³/mol. The Bertz CT molecular complexity index is 1430. The number of piperazine rings is 1. The number of amides is 2. The third-order valence-corrected chi connectivity index (χ3v) is 6.84. The second-order valence-corrected chi connectivity index (χ2v) is 9.03. The predicted octanol–water partition coefficient (Wildman–Crippen LogP) is 0.897. The fourth-order valence-corrected chi connectivity index (χ4v) is 4.76. The average Bonchev–Trinajstić information content (AvgIpc) is 3.55. The number of rotatable bonds is 4. The van der Waals surface area contributed by atoms with Crippen LogP contribution in [0, 0.1) is 0 Å². The normalized spacial score (nSPS) is 16.8. The molecule has 1 N–H and O–H groups in total. The summed E-state index contributed by atoms with van der Waals surface area (Å²) < 4.78 is 7.16. The van der Waals surface area contributed by atoms with E-state index >= 15 is 0 Å². The molecule has 0 bridgehead atoms. The number of benzene rings is 1. The number of fused-ring (bicyclic) bond motifs is 2. The van der Waals surface area contributed by atoms with Gasteiger partial charge in [-0.05, 0) is 12.1 Å². The molecule has 0 aliphatic carbocycles. The van der Waals surface area contributed by atoms with Crippen LogP contribution in [0.2, 0.25) is 0 Å². The molecule has 2 fully saturated rings. The van der Waals surface area contributed by atoms with E-state index in [2.05, 4.69) is 20.0 Å². The van der Waals surface area contributed by atoms with Crippen LogP contribution in [0.4, 0.5) is 5.95 Å². The van der Waals surface area contributed by atoms with E-state index in [0.29, 0.717) is 64.1 Å². The quantitative estimate of drug-likeness (QED) is 0.448. The first-order valence-electron chi connectivity index (χ1n) is 12.1. The maximum absolute atomic E-state index is 13.1. The second-order valence-electron chi connectivity index (χ2n) is 9.03. The monoisotopic (exact) mass is 489 g/mol. The minimum Gasteiger partial charge on any atom is -0.378 e. The molecule has 3 aromatic heterocycles. The number of nitrogens with zero attached hydrogens (tertiary/aromatic N) is 8. The van der Waals surface area contributed by atoms with Crippen LogP contribution in [-0.4, -0.2) is 104 Å². The summed E-state index contributed by atoms with van der Waals surface area (Å²) >= 11 is 0. The van der Waals surface area contributed by atoms with Crippen LogP contribution in [0.15, 0.2) is 30.7 Å². The van der Waals surface area contributed by atoms with Crippen LogP contribution in [0.1, 0.15) is 6.92 Å². The fourth-order valence-electron chi connectivity index (χ4n) is 4.76. The van der Waals surface area contributed by atoms with Crippen LogP contribution in [0.5, 0.6) is 0 Å². The van der Waals surface area contributed by atoms with E-state index in [1.807, 2.05) is 18.2 Å². The van der Waals surface area contributed by atoms with Gasteiger partial charge in [0.25, 0.3) is 0 Å². The lowest BCUT2D eigenvalue weighted by Gasteiger charge is -2.34. The molecule has 2 amide bonds. The van der Waals surface area contributed by atoms with Crippen molar-refractivity contribution in [2.45, 2.75) is 13.5 Å². The number of hydrogen-bond acceptors (Lipinski definition) is 8. The van der Waals surface area contributed by atoms with Gasteiger partial charge in [-0.2, -0.15) is 10.1 Å². The van der Waals surface area contributed by atoms with Crippen molar-refractivity contribution in [1.82, 2.24) is 39.5 Å². The maximum Gasteiger partial charge on any atom is 0.244 e. The molecule has 2 aliphatic rings. The number of hydrogen-bond donors (Lipinski definition) is 1. The zero-order valence-corrected chi connectivity index (χ0v) is 20.1. The van der Waals surface area contributed by atoms with Gasteiger partial charge in [0.1, 0.15) is 6.54 Å². The summed E-state index contributed by atoms with van der Waals surface area (Å²) in [6, 6.07) is 5.98. The van der Waals surface area contributed by atoms with Gasteiger partial charge in [-0.25, -0.2) is 14.6 Å². The molecule has 1 aromatic carbocycles. The van der Waals surface area contributed by atoms with Crippen LogP contribution in [-0.2, 0) is 20.9 Å². The molecule has 12 heteroatoms. The molecule has 36 heavy (non-hydrogen) atoms. The van der Waals surface area contributed by atoms with Crippen molar-refractivity contribution in [2.75, 3.05) is 57.4 Å².